The lowest BCUT2D eigenvalue weighted by molar-refractivity contribution is 0.268. The molecule has 5 nitrogen and oxygen atoms in total. The number of aliphatic hydroxyl groups is 1. The van der Waals surface area contributed by atoms with E-state index in [0.29, 0.717) is 18.8 Å². The normalized spacial score (nSPS) is 12.6. The molecule has 1 heterocycles. The molecule has 0 saturated carbocycles. The number of aliphatic hydroxyl groups excluding tert-OH is 1. The molecule has 0 spiro atoms. The van der Waals surface area contributed by atoms with E-state index in [9.17, 15) is 13.5 Å². The van der Waals surface area contributed by atoms with Crippen molar-refractivity contribution >= 4 is 10.0 Å². The maximum Gasteiger partial charge on any atom is 0.244 e. The third kappa shape index (κ3) is 2.76. The molecule has 0 aromatic carbocycles. The van der Waals surface area contributed by atoms with Crippen molar-refractivity contribution in [3.05, 3.63) is 18.0 Å². The number of hydrogen-bond acceptors (Lipinski definition) is 3. The zero-order chi connectivity index (χ0) is 13.9. The molecule has 0 aliphatic carbocycles. The van der Waals surface area contributed by atoms with E-state index in [1.807, 2.05) is 27.7 Å². The van der Waals surface area contributed by atoms with Gasteiger partial charge in [0.15, 0.2) is 0 Å². The summed E-state index contributed by atoms with van der Waals surface area (Å²) in [6.45, 7) is 8.26. The van der Waals surface area contributed by atoms with Gasteiger partial charge >= 0.3 is 0 Å². The number of nitrogens with zero attached hydrogens (tertiary/aromatic N) is 2. The average molecular weight is 274 g/mol. The van der Waals surface area contributed by atoms with Crippen LogP contribution >= 0.6 is 0 Å². The Kier molecular flexibility index (Phi) is 4.95. The van der Waals surface area contributed by atoms with Crippen molar-refractivity contribution in [2.75, 3.05) is 13.1 Å². The molecule has 0 amide bonds. The molecule has 1 aromatic heterocycles. The van der Waals surface area contributed by atoms with Crippen molar-refractivity contribution in [3.8, 4) is 0 Å². The first kappa shape index (κ1) is 15.2. The van der Waals surface area contributed by atoms with Crippen molar-refractivity contribution in [2.45, 2.75) is 45.2 Å². The van der Waals surface area contributed by atoms with Gasteiger partial charge in [-0.15, -0.1) is 0 Å². The molecule has 0 unspecified atom stereocenters. The third-order valence-corrected chi connectivity index (χ3v) is 4.98. The van der Waals surface area contributed by atoms with E-state index < -0.39 is 10.0 Å². The minimum Gasteiger partial charge on any atom is -0.390 e. The van der Waals surface area contributed by atoms with E-state index in [0.717, 1.165) is 0 Å². The number of sulfonamides is 1. The fraction of sp³-hybridized carbons (Fsp3) is 0.667. The molecule has 0 aliphatic heterocycles. The van der Waals surface area contributed by atoms with Crippen LogP contribution < -0.4 is 0 Å². The smallest absolute Gasteiger partial charge is 0.244 e. The van der Waals surface area contributed by atoms with Crippen molar-refractivity contribution in [1.82, 2.24) is 8.87 Å². The Bertz CT molecular complexity index is 487. The van der Waals surface area contributed by atoms with Crippen LogP contribution in [0, 0.1) is 0 Å². The Balaban J connectivity index is 3.26. The van der Waals surface area contributed by atoms with Crippen LogP contribution in [0.25, 0.3) is 0 Å². The van der Waals surface area contributed by atoms with Gasteiger partial charge in [0, 0.05) is 31.0 Å². The molecule has 0 saturated heterocycles. The third-order valence-electron chi connectivity index (χ3n) is 2.97. The van der Waals surface area contributed by atoms with Crippen LogP contribution in [-0.4, -0.2) is 35.5 Å². The van der Waals surface area contributed by atoms with Crippen LogP contribution in [-0.2, 0) is 16.6 Å². The summed E-state index contributed by atoms with van der Waals surface area (Å²) in [5.41, 5.74) is 0.621. The summed E-state index contributed by atoms with van der Waals surface area (Å²) in [6, 6.07) is 1.67. The Hall–Kier alpha value is -0.850. The largest absolute Gasteiger partial charge is 0.390 e. The number of rotatable bonds is 6. The maximum atomic E-state index is 12.3. The maximum absolute atomic E-state index is 12.3. The summed E-state index contributed by atoms with van der Waals surface area (Å²) in [6.07, 6.45) is 1.60. The molecule has 18 heavy (non-hydrogen) atoms. The van der Waals surface area contributed by atoms with Crippen LogP contribution in [0.15, 0.2) is 17.2 Å². The van der Waals surface area contributed by atoms with Gasteiger partial charge in [-0.2, -0.15) is 4.31 Å². The molecular weight excluding hydrogens is 252 g/mol. The lowest BCUT2D eigenvalue weighted by atomic mass is 10.3. The molecular formula is C12H22N2O3S. The molecule has 0 bridgehead atoms. The number of aromatic nitrogens is 1. The van der Waals surface area contributed by atoms with Gasteiger partial charge in [0.2, 0.25) is 10.0 Å². The highest BCUT2D eigenvalue weighted by atomic mass is 32.2. The van der Waals surface area contributed by atoms with Crippen LogP contribution in [0.4, 0.5) is 0 Å². The first-order valence-electron chi connectivity index (χ1n) is 6.20. The van der Waals surface area contributed by atoms with Gasteiger partial charge in [-0.05, 0) is 19.9 Å². The first-order valence-corrected chi connectivity index (χ1v) is 7.64. The monoisotopic (exact) mass is 274 g/mol. The SMILES string of the molecule is CCN(CC)S(=O)(=O)c1cc(CO)n(C(C)C)c1. The lowest BCUT2D eigenvalue weighted by Gasteiger charge is -2.17. The van der Waals surface area contributed by atoms with E-state index in [4.69, 9.17) is 0 Å². The average Bonchev–Trinajstić information content (AvgIpc) is 2.74. The Morgan fingerprint density at radius 1 is 1.33 bits per heavy atom. The van der Waals surface area contributed by atoms with E-state index >= 15 is 0 Å². The van der Waals surface area contributed by atoms with Gasteiger partial charge < -0.3 is 9.67 Å². The van der Waals surface area contributed by atoms with E-state index in [1.54, 1.807) is 16.8 Å². The number of hydrogen-bond donors (Lipinski definition) is 1. The second kappa shape index (κ2) is 5.86. The van der Waals surface area contributed by atoms with Crippen LogP contribution in [0.1, 0.15) is 39.4 Å². The zero-order valence-electron chi connectivity index (χ0n) is 11.4. The fourth-order valence-corrected chi connectivity index (χ4v) is 3.47. The van der Waals surface area contributed by atoms with Crippen molar-refractivity contribution in [2.24, 2.45) is 0 Å². The molecule has 0 radical (unpaired) electrons. The van der Waals surface area contributed by atoms with Gasteiger partial charge in [-0.1, -0.05) is 13.8 Å². The predicted molar refractivity (Wildman–Crippen MR) is 70.8 cm³/mol. The standard InChI is InChI=1S/C12H22N2O3S/c1-5-13(6-2)18(16,17)12-7-11(9-15)14(8-12)10(3)4/h7-8,10,15H,5-6,9H2,1-4H3. The highest BCUT2D eigenvalue weighted by Gasteiger charge is 2.24. The minimum absolute atomic E-state index is 0.118. The molecule has 1 aromatic rings. The fourth-order valence-electron chi connectivity index (χ4n) is 1.96. The Morgan fingerprint density at radius 3 is 2.22 bits per heavy atom. The topological polar surface area (TPSA) is 62.5 Å². The Labute approximate surface area is 109 Å². The second-order valence-electron chi connectivity index (χ2n) is 4.42. The molecule has 6 heteroatoms. The van der Waals surface area contributed by atoms with Gasteiger partial charge in [-0.25, -0.2) is 8.42 Å². The van der Waals surface area contributed by atoms with Gasteiger partial charge in [0.25, 0.3) is 0 Å². The first-order chi connectivity index (χ1) is 8.38. The lowest BCUT2D eigenvalue weighted by Crippen LogP contribution is -2.30. The van der Waals surface area contributed by atoms with Crippen LogP contribution in [0.2, 0.25) is 0 Å². The molecule has 104 valence electrons. The second-order valence-corrected chi connectivity index (χ2v) is 6.35. The quantitative estimate of drug-likeness (QED) is 0.857. The molecule has 0 atom stereocenters. The predicted octanol–water partition coefficient (Wildman–Crippen LogP) is 1.59. The van der Waals surface area contributed by atoms with Crippen molar-refractivity contribution < 1.29 is 13.5 Å². The summed E-state index contributed by atoms with van der Waals surface area (Å²) >= 11 is 0. The van der Waals surface area contributed by atoms with E-state index in [1.165, 1.54) is 4.31 Å². The summed E-state index contributed by atoms with van der Waals surface area (Å²) < 4.78 is 27.9. The summed E-state index contributed by atoms with van der Waals surface area (Å²) in [5.74, 6) is 0. The minimum atomic E-state index is -3.45. The van der Waals surface area contributed by atoms with Crippen molar-refractivity contribution in [3.63, 3.8) is 0 Å². The summed E-state index contributed by atoms with van der Waals surface area (Å²) in [7, 11) is -3.45. The molecule has 0 fully saturated rings. The highest BCUT2D eigenvalue weighted by molar-refractivity contribution is 7.89. The van der Waals surface area contributed by atoms with Crippen LogP contribution in [0.5, 0.6) is 0 Å². The van der Waals surface area contributed by atoms with E-state index in [-0.39, 0.29) is 17.5 Å². The highest BCUT2D eigenvalue weighted by Crippen LogP contribution is 2.22. The van der Waals surface area contributed by atoms with Gasteiger partial charge in [0.1, 0.15) is 4.90 Å². The molecule has 0 aliphatic rings. The van der Waals surface area contributed by atoms with Gasteiger partial charge in [-0.3, -0.25) is 0 Å². The van der Waals surface area contributed by atoms with Crippen molar-refractivity contribution in [1.29, 1.82) is 0 Å². The van der Waals surface area contributed by atoms with Crippen LogP contribution in [0.3, 0.4) is 0 Å². The van der Waals surface area contributed by atoms with E-state index in [2.05, 4.69) is 0 Å². The summed E-state index contributed by atoms with van der Waals surface area (Å²) in [5, 5.41) is 9.27. The molecule has 1 rings (SSSR count). The molecule has 1 N–H and O–H groups in total. The Morgan fingerprint density at radius 2 is 1.89 bits per heavy atom. The summed E-state index contributed by atoms with van der Waals surface area (Å²) in [4.78, 5) is 0.254. The van der Waals surface area contributed by atoms with Gasteiger partial charge in [0.05, 0.1) is 6.61 Å². The zero-order valence-corrected chi connectivity index (χ0v) is 12.2.